The summed E-state index contributed by atoms with van der Waals surface area (Å²) < 4.78 is 0. The van der Waals surface area contributed by atoms with E-state index in [4.69, 9.17) is 23.1 Å². The summed E-state index contributed by atoms with van der Waals surface area (Å²) in [6.45, 7) is 1.85. The predicted octanol–water partition coefficient (Wildman–Crippen LogP) is 3.73. The van der Waals surface area contributed by atoms with Gasteiger partial charge in [0.15, 0.2) is 5.82 Å². The number of nitrogens with zero attached hydrogens (tertiary/aromatic N) is 2. The van der Waals surface area contributed by atoms with Crippen molar-refractivity contribution in [2.75, 3.05) is 17.7 Å². The quantitative estimate of drug-likeness (QED) is 0.667. The molecule has 0 fully saturated rings. The maximum Gasteiger partial charge on any atom is 0.156 e. The van der Waals surface area contributed by atoms with Crippen molar-refractivity contribution in [1.29, 1.82) is 0 Å². The molecule has 0 saturated carbocycles. The lowest BCUT2D eigenvalue weighted by Crippen LogP contribution is -2.19. The highest BCUT2D eigenvalue weighted by Crippen LogP contribution is 2.24. The van der Waals surface area contributed by atoms with Gasteiger partial charge >= 0.3 is 0 Å². The minimum Gasteiger partial charge on any atom is -0.399 e. The first-order valence-electron chi connectivity index (χ1n) is 6.86. The second kappa shape index (κ2) is 7.00. The van der Waals surface area contributed by atoms with Crippen molar-refractivity contribution in [3.05, 3.63) is 64.9 Å². The second-order valence-electron chi connectivity index (χ2n) is 4.78. The third-order valence-electron chi connectivity index (χ3n) is 3.25. The van der Waals surface area contributed by atoms with Crippen LogP contribution in [0.25, 0.3) is 5.70 Å². The molecular formula is C17H19ClN4. The molecule has 0 aliphatic rings. The monoisotopic (exact) mass is 314 g/mol. The zero-order valence-corrected chi connectivity index (χ0v) is 13.4. The van der Waals surface area contributed by atoms with Gasteiger partial charge in [-0.3, -0.25) is 0 Å². The highest BCUT2D eigenvalue weighted by atomic mass is 35.5. The van der Waals surface area contributed by atoms with E-state index in [1.165, 1.54) is 0 Å². The molecule has 114 valence electrons. The van der Waals surface area contributed by atoms with Crippen LogP contribution in [0, 0.1) is 0 Å². The fraction of sp³-hybridized carbons (Fsp3) is 0.118. The lowest BCUT2D eigenvalue weighted by Gasteiger charge is -2.22. The van der Waals surface area contributed by atoms with E-state index in [0.717, 1.165) is 11.3 Å². The molecule has 0 atom stereocenters. The predicted molar refractivity (Wildman–Crippen MR) is 96.0 cm³/mol. The molecule has 0 spiro atoms. The van der Waals surface area contributed by atoms with E-state index in [2.05, 4.69) is 4.99 Å². The van der Waals surface area contributed by atoms with Crippen LogP contribution in [-0.4, -0.2) is 13.3 Å². The molecule has 4 N–H and O–H groups in total. The van der Waals surface area contributed by atoms with Gasteiger partial charge in [-0.05, 0) is 43.3 Å². The van der Waals surface area contributed by atoms with Crippen molar-refractivity contribution < 1.29 is 0 Å². The number of hydrogen-bond donors (Lipinski definition) is 2. The number of hydrogen-bond acceptors (Lipinski definition) is 4. The third-order valence-corrected chi connectivity index (χ3v) is 3.50. The number of rotatable bonds is 4. The molecule has 0 radical (unpaired) electrons. The van der Waals surface area contributed by atoms with E-state index in [1.807, 2.05) is 67.4 Å². The largest absolute Gasteiger partial charge is 0.399 e. The Labute approximate surface area is 135 Å². The molecule has 22 heavy (non-hydrogen) atoms. The number of halogens is 1. The van der Waals surface area contributed by atoms with Gasteiger partial charge in [0, 0.05) is 35.2 Å². The van der Waals surface area contributed by atoms with Gasteiger partial charge in [-0.2, -0.15) is 0 Å². The molecule has 0 heterocycles. The Morgan fingerprint density at radius 1 is 1.09 bits per heavy atom. The molecule has 4 nitrogen and oxygen atoms in total. The highest BCUT2D eigenvalue weighted by Gasteiger charge is 2.12. The van der Waals surface area contributed by atoms with Gasteiger partial charge in [-0.25, -0.2) is 4.99 Å². The topological polar surface area (TPSA) is 67.6 Å². The molecule has 5 heteroatoms. The maximum atomic E-state index is 6.30. The molecule has 2 rings (SSSR count). The molecule has 0 aliphatic carbocycles. The van der Waals surface area contributed by atoms with Gasteiger partial charge in [0.2, 0.25) is 0 Å². The van der Waals surface area contributed by atoms with E-state index in [0.29, 0.717) is 22.2 Å². The second-order valence-corrected chi connectivity index (χ2v) is 5.22. The zero-order valence-electron chi connectivity index (χ0n) is 12.6. The molecule has 0 amide bonds. The van der Waals surface area contributed by atoms with Crippen LogP contribution in [-0.2, 0) is 0 Å². The molecule has 0 aromatic heterocycles. The van der Waals surface area contributed by atoms with Crippen LogP contribution in [0.5, 0.6) is 0 Å². The summed E-state index contributed by atoms with van der Waals surface area (Å²) in [7, 11) is 1.91. The Hall–Kier alpha value is -2.46. The van der Waals surface area contributed by atoms with Crippen molar-refractivity contribution in [1.82, 2.24) is 0 Å². The van der Waals surface area contributed by atoms with Gasteiger partial charge in [0.1, 0.15) is 0 Å². The fourth-order valence-electron chi connectivity index (χ4n) is 2.04. The van der Waals surface area contributed by atoms with Crippen molar-refractivity contribution in [3.8, 4) is 0 Å². The van der Waals surface area contributed by atoms with Crippen LogP contribution < -0.4 is 16.4 Å². The Bertz CT molecular complexity index is 688. The van der Waals surface area contributed by atoms with Crippen molar-refractivity contribution in [2.24, 2.45) is 10.7 Å². The van der Waals surface area contributed by atoms with Gasteiger partial charge in [-0.1, -0.05) is 23.7 Å². The normalized spacial score (nSPS) is 12.3. The summed E-state index contributed by atoms with van der Waals surface area (Å²) in [5.41, 5.74) is 15.1. The molecular weight excluding hydrogens is 296 g/mol. The van der Waals surface area contributed by atoms with Crippen molar-refractivity contribution in [2.45, 2.75) is 6.92 Å². The molecule has 2 aromatic carbocycles. The highest BCUT2D eigenvalue weighted by molar-refractivity contribution is 6.30. The Kier molecular flexibility index (Phi) is 5.07. The number of benzene rings is 2. The van der Waals surface area contributed by atoms with Crippen LogP contribution in [0.2, 0.25) is 5.02 Å². The first kappa shape index (κ1) is 15.9. The smallest absolute Gasteiger partial charge is 0.156 e. The van der Waals surface area contributed by atoms with Crippen LogP contribution >= 0.6 is 11.6 Å². The van der Waals surface area contributed by atoms with Crippen LogP contribution in [0.3, 0.4) is 0 Å². The molecule has 0 saturated heterocycles. The van der Waals surface area contributed by atoms with Crippen molar-refractivity contribution in [3.63, 3.8) is 0 Å². The molecule has 0 unspecified atom stereocenters. The zero-order chi connectivity index (χ0) is 16.1. The maximum absolute atomic E-state index is 6.30. The first-order valence-corrected chi connectivity index (χ1v) is 7.24. The van der Waals surface area contributed by atoms with Gasteiger partial charge in [0.25, 0.3) is 0 Å². The first-order chi connectivity index (χ1) is 10.5. The minimum atomic E-state index is 0.579. The van der Waals surface area contributed by atoms with E-state index < -0.39 is 0 Å². The lowest BCUT2D eigenvalue weighted by atomic mass is 10.1. The number of nitrogens with two attached hydrogens (primary N) is 2. The van der Waals surface area contributed by atoms with E-state index in [-0.39, 0.29) is 0 Å². The van der Waals surface area contributed by atoms with Crippen LogP contribution in [0.1, 0.15) is 12.5 Å². The van der Waals surface area contributed by atoms with Crippen molar-refractivity contribution >= 4 is 34.9 Å². The number of nitrogen functional groups attached to an aromatic ring is 1. The average molecular weight is 315 g/mol. The third kappa shape index (κ3) is 3.59. The van der Waals surface area contributed by atoms with Gasteiger partial charge < -0.3 is 16.4 Å². The molecule has 0 aliphatic heterocycles. The SMILES string of the molecule is C/C=N\C(=C(/N)c1ccc(N)cc1)N(C)c1ccc(Cl)cc1. The Balaban J connectivity index is 2.45. The lowest BCUT2D eigenvalue weighted by molar-refractivity contribution is 1.06. The van der Waals surface area contributed by atoms with Crippen LogP contribution in [0.15, 0.2) is 59.3 Å². The van der Waals surface area contributed by atoms with Gasteiger partial charge in [0.05, 0.1) is 5.70 Å². The summed E-state index contributed by atoms with van der Waals surface area (Å²) >= 11 is 5.93. The Morgan fingerprint density at radius 3 is 2.23 bits per heavy atom. The summed E-state index contributed by atoms with van der Waals surface area (Å²) in [6, 6.07) is 14.9. The fourth-order valence-corrected chi connectivity index (χ4v) is 2.16. The summed E-state index contributed by atoms with van der Waals surface area (Å²) in [5, 5.41) is 0.688. The standard InChI is InChI=1S/C17H19ClN4/c1-3-21-17(16(20)12-4-8-14(19)9-5-12)22(2)15-10-6-13(18)7-11-15/h3-11H,19-20H2,1-2H3/b17-16+,21-3-. The molecule has 2 aromatic rings. The summed E-state index contributed by atoms with van der Waals surface area (Å²) in [6.07, 6.45) is 1.71. The van der Waals surface area contributed by atoms with E-state index in [9.17, 15) is 0 Å². The number of anilines is 2. The van der Waals surface area contributed by atoms with Gasteiger partial charge in [-0.15, -0.1) is 0 Å². The van der Waals surface area contributed by atoms with Crippen LogP contribution in [0.4, 0.5) is 11.4 Å². The summed E-state index contributed by atoms with van der Waals surface area (Å²) in [4.78, 5) is 6.33. The Morgan fingerprint density at radius 2 is 1.68 bits per heavy atom. The number of aliphatic imine (C=N–C) groups is 1. The van der Waals surface area contributed by atoms with E-state index in [1.54, 1.807) is 6.21 Å². The summed E-state index contributed by atoms with van der Waals surface area (Å²) in [5.74, 6) is 0.662. The minimum absolute atomic E-state index is 0.579. The van der Waals surface area contributed by atoms with E-state index >= 15 is 0 Å². The molecule has 0 bridgehead atoms. The average Bonchev–Trinajstić information content (AvgIpc) is 2.53.